The predicted molar refractivity (Wildman–Crippen MR) is 128 cm³/mol. The number of nitrogens with zero attached hydrogens (tertiary/aromatic N) is 4. The zero-order valence-corrected chi connectivity index (χ0v) is 18.8. The fourth-order valence-corrected chi connectivity index (χ4v) is 4.02. The highest BCUT2D eigenvalue weighted by Crippen LogP contribution is 2.31. The molecule has 0 amide bonds. The molecule has 5 nitrogen and oxygen atoms in total. The number of phenolic OH excluding ortho intramolecular Hbond substituents is 1. The first-order chi connectivity index (χ1) is 14.6. The fraction of sp³-hybridized carbons (Fsp3) is 0. The molecule has 0 aliphatic heterocycles. The first kappa shape index (κ1) is 20.3. The minimum Gasteiger partial charge on any atom is -0.506 e. The highest BCUT2D eigenvalue weighted by Gasteiger charge is 2.10. The molecule has 4 rings (SSSR count). The van der Waals surface area contributed by atoms with Gasteiger partial charge in [0.1, 0.15) is 5.75 Å². The molecule has 0 saturated heterocycles. The molecule has 3 aromatic carbocycles. The molecule has 0 radical (unpaired) electrons. The monoisotopic (exact) mass is 522 g/mol. The van der Waals surface area contributed by atoms with Crippen LogP contribution in [0.25, 0.3) is 11.3 Å². The number of aromatic nitrogens is 2. The second-order valence-corrected chi connectivity index (χ2v) is 8.15. The van der Waals surface area contributed by atoms with Crippen LogP contribution in [0.2, 0.25) is 0 Å². The molecule has 1 aromatic heterocycles. The van der Waals surface area contributed by atoms with Gasteiger partial charge in [0.15, 0.2) is 0 Å². The van der Waals surface area contributed by atoms with Gasteiger partial charge in [-0.15, -0.1) is 0 Å². The number of hydrogen-bond donors (Lipinski definition) is 1. The molecule has 0 atom stereocenters. The lowest BCUT2D eigenvalue weighted by Crippen LogP contribution is -1.90. The molecule has 0 saturated carbocycles. The Hall–Kier alpha value is -3.03. The number of hydrogen-bond acceptors (Lipinski definition) is 4. The number of halogens is 2. The highest BCUT2D eigenvalue weighted by molar-refractivity contribution is 9.11. The normalized spacial score (nSPS) is 11.5. The molecule has 0 aliphatic carbocycles. The van der Waals surface area contributed by atoms with Crippen LogP contribution in [0.1, 0.15) is 11.1 Å². The molecule has 148 valence electrons. The van der Waals surface area contributed by atoms with Crippen molar-refractivity contribution < 1.29 is 5.11 Å². The van der Waals surface area contributed by atoms with E-state index in [-0.39, 0.29) is 5.75 Å². The largest absolute Gasteiger partial charge is 0.506 e. The molecule has 4 aromatic rings. The summed E-state index contributed by atoms with van der Waals surface area (Å²) in [6.45, 7) is 0. The van der Waals surface area contributed by atoms with Gasteiger partial charge in [-0.25, -0.2) is 14.7 Å². The Bertz CT molecular complexity index is 1220. The van der Waals surface area contributed by atoms with Gasteiger partial charge in [-0.05, 0) is 33.6 Å². The van der Waals surface area contributed by atoms with E-state index in [4.69, 9.17) is 0 Å². The number of aromatic hydroxyl groups is 1. The Morgan fingerprint density at radius 3 is 2.33 bits per heavy atom. The number of rotatable bonds is 5. The maximum Gasteiger partial charge on any atom is 0.251 e. The summed E-state index contributed by atoms with van der Waals surface area (Å²) in [5.41, 5.74) is 3.25. The Morgan fingerprint density at radius 1 is 0.900 bits per heavy atom. The van der Waals surface area contributed by atoms with E-state index in [1.165, 1.54) is 0 Å². The van der Waals surface area contributed by atoms with Crippen molar-refractivity contribution >= 4 is 50.2 Å². The third kappa shape index (κ3) is 4.75. The van der Waals surface area contributed by atoms with Gasteiger partial charge in [0, 0.05) is 21.8 Å². The lowest BCUT2D eigenvalue weighted by atomic mass is 10.2. The fourth-order valence-electron chi connectivity index (χ4n) is 2.76. The summed E-state index contributed by atoms with van der Waals surface area (Å²) in [6, 6.07) is 23.2. The molecule has 1 N–H and O–H groups in total. The zero-order valence-electron chi connectivity index (χ0n) is 15.7. The summed E-state index contributed by atoms with van der Waals surface area (Å²) in [7, 11) is 0. The molecule has 7 heteroatoms. The average Bonchev–Trinajstić information content (AvgIpc) is 3.18. The van der Waals surface area contributed by atoms with Crippen molar-refractivity contribution in [2.75, 3.05) is 0 Å². The second kappa shape index (κ2) is 9.19. The van der Waals surface area contributed by atoms with E-state index in [9.17, 15) is 5.11 Å². The van der Waals surface area contributed by atoms with Crippen LogP contribution in [0.5, 0.6) is 5.75 Å². The highest BCUT2D eigenvalue weighted by atomic mass is 79.9. The maximum atomic E-state index is 10.3. The Morgan fingerprint density at radius 2 is 1.60 bits per heavy atom. The Kier molecular flexibility index (Phi) is 6.21. The number of aliphatic imine (C=N–C) groups is 1. The smallest absolute Gasteiger partial charge is 0.251 e. The minimum absolute atomic E-state index is 0.108. The van der Waals surface area contributed by atoms with Gasteiger partial charge in [0.2, 0.25) is 0 Å². The van der Waals surface area contributed by atoms with Crippen LogP contribution in [-0.2, 0) is 0 Å². The van der Waals surface area contributed by atoms with Crippen LogP contribution < -0.4 is 0 Å². The summed E-state index contributed by atoms with van der Waals surface area (Å²) in [5, 5.41) is 14.8. The third-order valence-corrected chi connectivity index (χ3v) is 5.31. The SMILES string of the molecule is Oc1c(Br)cc(Br)cc1/C=N/c1nc(-c2ccccc2)cn1N=Cc1ccccc1. The first-order valence-corrected chi connectivity index (χ1v) is 10.6. The maximum absolute atomic E-state index is 10.3. The zero-order chi connectivity index (χ0) is 20.9. The Balaban J connectivity index is 1.74. The molecule has 1 heterocycles. The summed E-state index contributed by atoms with van der Waals surface area (Å²) < 4.78 is 3.02. The number of benzene rings is 3. The molecule has 0 fully saturated rings. The van der Waals surface area contributed by atoms with Crippen molar-refractivity contribution in [1.82, 2.24) is 9.66 Å². The van der Waals surface area contributed by atoms with E-state index in [1.807, 2.05) is 66.9 Å². The van der Waals surface area contributed by atoms with Crippen molar-refractivity contribution in [3.05, 3.63) is 99.1 Å². The van der Waals surface area contributed by atoms with Gasteiger partial charge in [0.05, 0.1) is 22.6 Å². The van der Waals surface area contributed by atoms with Crippen molar-refractivity contribution in [2.24, 2.45) is 10.1 Å². The van der Waals surface area contributed by atoms with E-state index in [2.05, 4.69) is 46.9 Å². The van der Waals surface area contributed by atoms with Gasteiger partial charge < -0.3 is 5.11 Å². The first-order valence-electron chi connectivity index (χ1n) is 9.06. The van der Waals surface area contributed by atoms with E-state index >= 15 is 0 Å². The topological polar surface area (TPSA) is 62.8 Å². The second-order valence-electron chi connectivity index (χ2n) is 6.38. The van der Waals surface area contributed by atoms with Crippen LogP contribution in [0.4, 0.5) is 5.95 Å². The van der Waals surface area contributed by atoms with Crippen molar-refractivity contribution in [3.8, 4) is 17.0 Å². The van der Waals surface area contributed by atoms with Crippen LogP contribution in [0.3, 0.4) is 0 Å². The van der Waals surface area contributed by atoms with Crippen molar-refractivity contribution in [2.45, 2.75) is 0 Å². The van der Waals surface area contributed by atoms with Crippen LogP contribution in [-0.4, -0.2) is 27.2 Å². The van der Waals surface area contributed by atoms with E-state index in [0.717, 1.165) is 21.3 Å². The molecular weight excluding hydrogens is 508 g/mol. The number of imidazole rings is 1. The van der Waals surface area contributed by atoms with Gasteiger partial charge in [-0.2, -0.15) is 5.10 Å². The quantitative estimate of drug-likeness (QED) is 0.307. The van der Waals surface area contributed by atoms with Crippen LogP contribution in [0.15, 0.2) is 98.0 Å². The van der Waals surface area contributed by atoms with Crippen molar-refractivity contribution in [1.29, 1.82) is 0 Å². The average molecular weight is 524 g/mol. The molecule has 0 aliphatic rings. The summed E-state index contributed by atoms with van der Waals surface area (Å²) >= 11 is 6.76. The minimum atomic E-state index is 0.108. The molecule has 30 heavy (non-hydrogen) atoms. The summed E-state index contributed by atoms with van der Waals surface area (Å²) in [6.07, 6.45) is 5.15. The molecule has 0 unspecified atom stereocenters. The third-order valence-electron chi connectivity index (χ3n) is 4.25. The van der Waals surface area contributed by atoms with E-state index in [1.54, 1.807) is 29.2 Å². The van der Waals surface area contributed by atoms with Gasteiger partial charge in [-0.1, -0.05) is 76.6 Å². The van der Waals surface area contributed by atoms with Crippen LogP contribution in [0, 0.1) is 0 Å². The standard InChI is InChI=1S/C23H16Br2N4O/c24-19-11-18(22(30)20(25)12-19)14-26-23-28-21(17-9-5-2-6-10-17)15-29(23)27-13-16-7-3-1-4-8-16/h1-15,30H/b26-14+,27-13?. The van der Waals surface area contributed by atoms with E-state index in [0.29, 0.717) is 16.0 Å². The lowest BCUT2D eigenvalue weighted by molar-refractivity contribution is 0.471. The summed E-state index contributed by atoms with van der Waals surface area (Å²) in [4.78, 5) is 9.12. The van der Waals surface area contributed by atoms with Gasteiger partial charge >= 0.3 is 0 Å². The lowest BCUT2D eigenvalue weighted by Gasteiger charge is -2.02. The van der Waals surface area contributed by atoms with E-state index < -0.39 is 0 Å². The molecule has 0 bridgehead atoms. The Labute approximate surface area is 190 Å². The predicted octanol–water partition coefficient (Wildman–Crippen LogP) is 6.41. The molecule has 0 spiro atoms. The van der Waals surface area contributed by atoms with Gasteiger partial charge in [0.25, 0.3) is 5.95 Å². The van der Waals surface area contributed by atoms with Crippen LogP contribution >= 0.6 is 31.9 Å². The number of phenols is 1. The molecular formula is C23H16Br2N4O. The van der Waals surface area contributed by atoms with Crippen molar-refractivity contribution in [3.63, 3.8) is 0 Å². The summed E-state index contributed by atoms with van der Waals surface area (Å²) in [5.74, 6) is 0.507. The van der Waals surface area contributed by atoms with Gasteiger partial charge in [-0.3, -0.25) is 0 Å².